The summed E-state index contributed by atoms with van der Waals surface area (Å²) in [6.07, 6.45) is -0.458. The van der Waals surface area contributed by atoms with Crippen LogP contribution >= 0.6 is 22.6 Å². The minimum Gasteiger partial charge on any atom is -0.497 e. The Morgan fingerprint density at radius 1 is 1.04 bits per heavy atom. The third-order valence-corrected chi connectivity index (χ3v) is 9.30. The van der Waals surface area contributed by atoms with Crippen LogP contribution < -0.4 is 29.9 Å². The maximum absolute atomic E-state index is 14.5. The average molecular weight is 813 g/mol. The van der Waals surface area contributed by atoms with Gasteiger partial charge in [0.1, 0.15) is 41.1 Å². The number of aldehydes is 1. The SMILES string of the molecule is COc1ccc(OC)c(CCN(C(=O)c2cc3ccccc3oc2=O)C2CC(C(=O)NCCO)=CC(Oc3c(I)cc(C=O)cc3OC)C2O)c1. The first-order chi connectivity index (χ1) is 24.6. The lowest BCUT2D eigenvalue weighted by Gasteiger charge is -2.40. The quantitative estimate of drug-likeness (QED) is 0.0966. The molecule has 0 saturated carbocycles. The van der Waals surface area contributed by atoms with Gasteiger partial charge in [0.15, 0.2) is 11.5 Å². The zero-order valence-corrected chi connectivity index (χ0v) is 30.2. The van der Waals surface area contributed by atoms with Gasteiger partial charge in [-0.25, -0.2) is 4.79 Å². The van der Waals surface area contributed by atoms with E-state index in [0.717, 1.165) is 0 Å². The predicted octanol–water partition coefficient (Wildman–Crippen LogP) is 3.54. The number of fused-ring (bicyclic) bond motifs is 1. The van der Waals surface area contributed by atoms with Crippen LogP contribution in [0.25, 0.3) is 11.0 Å². The highest BCUT2D eigenvalue weighted by atomic mass is 127. The number of para-hydroxylation sites is 1. The average Bonchev–Trinajstić information content (AvgIpc) is 3.14. The van der Waals surface area contributed by atoms with E-state index in [1.807, 2.05) is 22.6 Å². The zero-order valence-electron chi connectivity index (χ0n) is 28.1. The number of nitrogens with one attached hydrogen (secondary N) is 1. The van der Waals surface area contributed by atoms with Gasteiger partial charge in [0.05, 0.1) is 37.5 Å². The van der Waals surface area contributed by atoms with Crippen LogP contribution in [0.4, 0.5) is 0 Å². The van der Waals surface area contributed by atoms with Crippen molar-refractivity contribution in [3.63, 3.8) is 0 Å². The number of carbonyl (C=O) groups excluding carboxylic acids is 3. The zero-order chi connectivity index (χ0) is 36.7. The van der Waals surface area contributed by atoms with E-state index in [2.05, 4.69) is 5.32 Å². The fraction of sp³-hybridized carbons (Fsp3) is 0.297. The van der Waals surface area contributed by atoms with Crippen molar-refractivity contribution in [3.05, 3.63) is 103 Å². The number of benzene rings is 3. The van der Waals surface area contributed by atoms with Crippen molar-refractivity contribution < 1.29 is 48.0 Å². The van der Waals surface area contributed by atoms with Gasteiger partial charge in [0.2, 0.25) is 5.91 Å². The number of halogens is 1. The summed E-state index contributed by atoms with van der Waals surface area (Å²) >= 11 is 1.97. The molecule has 0 radical (unpaired) electrons. The molecule has 1 aromatic heterocycles. The second-order valence-electron chi connectivity index (χ2n) is 11.6. The third-order valence-electron chi connectivity index (χ3n) is 8.50. The Hall–Kier alpha value is -4.93. The van der Waals surface area contributed by atoms with Gasteiger partial charge in [-0.1, -0.05) is 18.2 Å². The lowest BCUT2D eigenvalue weighted by Crippen LogP contribution is -2.56. The summed E-state index contributed by atoms with van der Waals surface area (Å²) in [5.41, 5.74) is 0.357. The summed E-state index contributed by atoms with van der Waals surface area (Å²) in [4.78, 5) is 54.1. The second-order valence-corrected chi connectivity index (χ2v) is 12.7. The minimum atomic E-state index is -1.44. The van der Waals surface area contributed by atoms with Gasteiger partial charge in [-0.2, -0.15) is 0 Å². The van der Waals surface area contributed by atoms with E-state index < -0.39 is 35.7 Å². The molecular formula is C37H37IN2O11. The maximum atomic E-state index is 14.5. The largest absolute Gasteiger partial charge is 0.497 e. The predicted molar refractivity (Wildman–Crippen MR) is 195 cm³/mol. The lowest BCUT2D eigenvalue weighted by molar-refractivity contribution is -0.118. The highest BCUT2D eigenvalue weighted by Crippen LogP contribution is 2.37. The number of rotatable bonds is 14. The third kappa shape index (κ3) is 8.35. The number of ether oxygens (including phenoxy) is 4. The molecule has 1 aliphatic rings. The summed E-state index contributed by atoms with van der Waals surface area (Å²) in [5.74, 6) is 0.222. The van der Waals surface area contributed by atoms with Gasteiger partial charge in [0, 0.05) is 36.0 Å². The first-order valence-electron chi connectivity index (χ1n) is 15.9. The van der Waals surface area contributed by atoms with E-state index in [1.165, 1.54) is 44.4 Å². The van der Waals surface area contributed by atoms with E-state index in [-0.39, 0.29) is 55.2 Å². The molecule has 0 spiro atoms. The number of hydrogen-bond acceptors (Lipinski definition) is 11. The van der Waals surface area contributed by atoms with Crippen molar-refractivity contribution in [2.24, 2.45) is 0 Å². The van der Waals surface area contributed by atoms with E-state index in [0.29, 0.717) is 43.5 Å². The van der Waals surface area contributed by atoms with Crippen LogP contribution in [-0.4, -0.2) is 92.5 Å². The fourth-order valence-corrected chi connectivity index (χ4v) is 6.69. The summed E-state index contributed by atoms with van der Waals surface area (Å²) in [6.45, 7) is -0.387. The number of carbonyl (C=O) groups is 3. The Balaban J connectivity index is 1.61. The van der Waals surface area contributed by atoms with Crippen molar-refractivity contribution in [1.29, 1.82) is 0 Å². The molecule has 1 heterocycles. The van der Waals surface area contributed by atoms with Gasteiger partial charge in [-0.15, -0.1) is 0 Å². The molecule has 5 rings (SSSR count). The number of nitrogens with zero attached hydrogens (tertiary/aromatic N) is 1. The lowest BCUT2D eigenvalue weighted by atomic mass is 9.87. The molecule has 1 aliphatic carbocycles. The van der Waals surface area contributed by atoms with Crippen LogP contribution in [0.2, 0.25) is 0 Å². The molecule has 3 atom stereocenters. The molecule has 0 aliphatic heterocycles. The molecule has 0 fully saturated rings. The van der Waals surface area contributed by atoms with Crippen LogP contribution in [0, 0.1) is 3.57 Å². The number of hydrogen-bond donors (Lipinski definition) is 3. The van der Waals surface area contributed by atoms with Crippen molar-refractivity contribution in [2.45, 2.75) is 31.1 Å². The second kappa shape index (κ2) is 16.9. The molecule has 0 saturated heterocycles. The van der Waals surface area contributed by atoms with Crippen LogP contribution in [0.3, 0.4) is 0 Å². The Kier molecular flexibility index (Phi) is 12.3. The van der Waals surface area contributed by atoms with E-state index in [1.54, 1.807) is 48.5 Å². The van der Waals surface area contributed by atoms with E-state index >= 15 is 0 Å². The van der Waals surface area contributed by atoms with Crippen molar-refractivity contribution in [1.82, 2.24) is 10.2 Å². The van der Waals surface area contributed by atoms with E-state index in [4.69, 9.17) is 23.4 Å². The van der Waals surface area contributed by atoms with Crippen molar-refractivity contribution in [3.8, 4) is 23.0 Å². The molecule has 14 heteroatoms. The van der Waals surface area contributed by atoms with Crippen LogP contribution in [0.15, 0.2) is 81.5 Å². The highest BCUT2D eigenvalue weighted by molar-refractivity contribution is 14.1. The summed E-state index contributed by atoms with van der Waals surface area (Å²) in [6, 6.07) is 15.4. The standard InChI is InChI=1S/C37H37IN2O11/c1-47-25-8-9-29(48-2)23(16-25)10-12-40(36(45)26-17-22-6-4-5-7-30(22)51-37(26)46)28-18-24(35(44)39-11-13-41)19-31(33(28)43)50-34-27(38)14-21(20-42)15-32(34)49-3/h4-9,14-17,19-20,28,31,33,41,43H,10-13,18H2,1-3H3,(H,39,44). The van der Waals surface area contributed by atoms with Gasteiger partial charge >= 0.3 is 5.63 Å². The highest BCUT2D eigenvalue weighted by Gasteiger charge is 2.42. The Bertz CT molecular complexity index is 2010. The van der Waals surface area contributed by atoms with Gasteiger partial charge in [-0.05, 0) is 83.1 Å². The van der Waals surface area contributed by atoms with Crippen molar-refractivity contribution in [2.75, 3.05) is 41.0 Å². The smallest absolute Gasteiger partial charge is 0.349 e. The maximum Gasteiger partial charge on any atom is 0.349 e. The van der Waals surface area contributed by atoms with E-state index in [9.17, 15) is 29.4 Å². The molecule has 2 amide bonds. The summed E-state index contributed by atoms with van der Waals surface area (Å²) in [7, 11) is 4.44. The van der Waals surface area contributed by atoms with Gasteiger partial charge < -0.3 is 43.8 Å². The minimum absolute atomic E-state index is 0.0375. The van der Waals surface area contributed by atoms with Crippen molar-refractivity contribution >= 4 is 51.7 Å². The topological polar surface area (TPSA) is 174 Å². The van der Waals surface area contributed by atoms with Crippen LogP contribution in [0.5, 0.6) is 23.0 Å². The monoisotopic (exact) mass is 812 g/mol. The molecular weight excluding hydrogens is 775 g/mol. The normalized spacial score (nSPS) is 16.9. The van der Waals surface area contributed by atoms with Gasteiger partial charge in [-0.3, -0.25) is 14.4 Å². The molecule has 51 heavy (non-hydrogen) atoms. The Labute approximate surface area is 306 Å². The number of aliphatic hydroxyl groups is 2. The number of methoxy groups -OCH3 is 3. The molecule has 4 aromatic rings. The Morgan fingerprint density at radius 2 is 1.80 bits per heavy atom. The molecule has 3 unspecified atom stereocenters. The fourth-order valence-electron chi connectivity index (χ4n) is 5.94. The first kappa shape index (κ1) is 37.3. The van der Waals surface area contributed by atoms with Gasteiger partial charge in [0.25, 0.3) is 5.91 Å². The number of aliphatic hydroxyl groups excluding tert-OH is 2. The Morgan fingerprint density at radius 3 is 2.51 bits per heavy atom. The summed E-state index contributed by atoms with van der Waals surface area (Å²) in [5, 5.41) is 24.6. The molecule has 3 N–H and O–H groups in total. The molecule has 0 bridgehead atoms. The molecule has 3 aromatic carbocycles. The van der Waals surface area contributed by atoms with Crippen LogP contribution in [0.1, 0.15) is 32.7 Å². The number of amides is 2. The first-order valence-corrected chi connectivity index (χ1v) is 17.0. The summed E-state index contributed by atoms with van der Waals surface area (Å²) < 4.78 is 28.8. The molecule has 13 nitrogen and oxygen atoms in total. The van der Waals surface area contributed by atoms with Crippen LogP contribution in [-0.2, 0) is 11.2 Å². The molecule has 268 valence electrons.